The summed E-state index contributed by atoms with van der Waals surface area (Å²) >= 11 is 0. The highest BCUT2D eigenvalue weighted by atomic mass is 16.3. The molecule has 1 atom stereocenters. The van der Waals surface area contributed by atoms with Crippen LogP contribution in [0.1, 0.15) is 33.1 Å². The van der Waals surface area contributed by atoms with Gasteiger partial charge in [0.2, 0.25) is 0 Å². The predicted octanol–water partition coefficient (Wildman–Crippen LogP) is 1.45. The number of nitrogens with zero attached hydrogens (tertiary/aromatic N) is 1. The molecule has 1 saturated heterocycles. The lowest BCUT2D eigenvalue weighted by Gasteiger charge is -2.35. The average molecular weight is 170 g/mol. The number of hydrogen-bond donors (Lipinski definition) is 1. The molecule has 1 unspecified atom stereocenters. The van der Waals surface area contributed by atoms with E-state index in [1.165, 1.54) is 25.2 Å². The van der Waals surface area contributed by atoms with Crippen molar-refractivity contribution in [1.29, 1.82) is 0 Å². The molecule has 0 aliphatic carbocycles. The molecule has 0 aromatic carbocycles. The van der Waals surface area contributed by atoms with E-state index in [0.29, 0.717) is 12.6 Å². The molecule has 2 heteroatoms. The van der Waals surface area contributed by atoms with Gasteiger partial charge in [-0.25, -0.2) is 0 Å². The Morgan fingerprint density at radius 2 is 2.17 bits per heavy atom. The van der Waals surface area contributed by atoms with Gasteiger partial charge >= 0.3 is 0 Å². The highest BCUT2D eigenvalue weighted by Gasteiger charge is 2.21. The van der Waals surface area contributed by atoms with Gasteiger partial charge in [-0.3, -0.25) is 4.90 Å². The third-order valence-corrected chi connectivity index (χ3v) is 2.48. The van der Waals surface area contributed by atoms with Gasteiger partial charge in [-0.2, -0.15) is 0 Å². The summed E-state index contributed by atoms with van der Waals surface area (Å²) in [5.41, 5.74) is 0. The lowest BCUT2D eigenvalue weighted by molar-refractivity contribution is 0.0944. The third kappa shape index (κ3) is 2.76. The van der Waals surface area contributed by atoms with Gasteiger partial charge in [0.05, 0.1) is 6.61 Å². The molecule has 0 aromatic rings. The molecule has 1 heterocycles. The van der Waals surface area contributed by atoms with E-state index in [1.807, 2.05) is 0 Å². The van der Waals surface area contributed by atoms with Crippen LogP contribution in [0.4, 0.5) is 0 Å². The quantitative estimate of drug-likeness (QED) is 0.693. The number of likely N-dealkylation sites (tertiary alicyclic amines) is 1. The van der Waals surface area contributed by atoms with E-state index in [-0.39, 0.29) is 0 Å². The second-order valence-electron chi connectivity index (χ2n) is 4.01. The molecule has 0 aromatic heterocycles. The SMILES string of the molecule is C[C](C)CN1CCCCC1CO. The molecule has 1 fully saturated rings. The standard InChI is InChI=1S/C10H20NO/c1-9(2)7-11-6-4-3-5-10(11)8-12/h10,12H,3-8H2,1-2H3. The lowest BCUT2D eigenvalue weighted by Crippen LogP contribution is -2.43. The second-order valence-corrected chi connectivity index (χ2v) is 4.01. The maximum Gasteiger partial charge on any atom is 0.0586 e. The van der Waals surface area contributed by atoms with Crippen LogP contribution in [0.5, 0.6) is 0 Å². The number of piperidine rings is 1. The first-order chi connectivity index (χ1) is 5.74. The first-order valence-corrected chi connectivity index (χ1v) is 4.88. The predicted molar refractivity (Wildman–Crippen MR) is 50.9 cm³/mol. The maximum absolute atomic E-state index is 9.12. The van der Waals surface area contributed by atoms with Crippen LogP contribution in [0.25, 0.3) is 0 Å². The van der Waals surface area contributed by atoms with Crippen LogP contribution < -0.4 is 0 Å². The molecule has 1 N–H and O–H groups in total. The smallest absolute Gasteiger partial charge is 0.0586 e. The van der Waals surface area contributed by atoms with Crippen molar-refractivity contribution in [3.05, 3.63) is 5.92 Å². The van der Waals surface area contributed by atoms with E-state index in [4.69, 9.17) is 5.11 Å². The Morgan fingerprint density at radius 3 is 2.75 bits per heavy atom. The van der Waals surface area contributed by atoms with Crippen molar-refractivity contribution in [3.63, 3.8) is 0 Å². The van der Waals surface area contributed by atoms with Crippen LogP contribution in [0.2, 0.25) is 0 Å². The molecule has 0 amide bonds. The number of rotatable bonds is 3. The second kappa shape index (κ2) is 4.83. The molecule has 1 aliphatic heterocycles. The summed E-state index contributed by atoms with van der Waals surface area (Å²) in [5.74, 6) is 1.44. The summed E-state index contributed by atoms with van der Waals surface area (Å²) in [6, 6.07) is 0.425. The molecule has 0 saturated carbocycles. The van der Waals surface area contributed by atoms with E-state index < -0.39 is 0 Å². The van der Waals surface area contributed by atoms with Crippen molar-refractivity contribution >= 4 is 0 Å². The van der Waals surface area contributed by atoms with Gasteiger partial charge in [0.15, 0.2) is 0 Å². The molecule has 71 valence electrons. The Hall–Kier alpha value is -0.0800. The normalized spacial score (nSPS) is 26.5. The number of aliphatic hydroxyl groups excluding tert-OH is 1. The Balaban J connectivity index is 2.36. The van der Waals surface area contributed by atoms with E-state index in [9.17, 15) is 0 Å². The van der Waals surface area contributed by atoms with Crippen molar-refractivity contribution in [1.82, 2.24) is 4.90 Å². The zero-order valence-electron chi connectivity index (χ0n) is 8.21. The van der Waals surface area contributed by atoms with Crippen LogP contribution in [-0.2, 0) is 0 Å². The fourth-order valence-electron chi connectivity index (χ4n) is 1.88. The summed E-state index contributed by atoms with van der Waals surface area (Å²) in [5, 5.41) is 9.12. The summed E-state index contributed by atoms with van der Waals surface area (Å²) in [7, 11) is 0. The van der Waals surface area contributed by atoms with Crippen molar-refractivity contribution in [2.75, 3.05) is 19.7 Å². The molecular formula is C10H20NO. The molecule has 0 spiro atoms. The fourth-order valence-corrected chi connectivity index (χ4v) is 1.88. The minimum Gasteiger partial charge on any atom is -0.395 e. The van der Waals surface area contributed by atoms with E-state index >= 15 is 0 Å². The summed E-state index contributed by atoms with van der Waals surface area (Å²) in [6.07, 6.45) is 3.75. The first-order valence-electron chi connectivity index (χ1n) is 4.88. The van der Waals surface area contributed by atoms with Gasteiger partial charge in [-0.15, -0.1) is 0 Å². The third-order valence-electron chi connectivity index (χ3n) is 2.48. The van der Waals surface area contributed by atoms with Crippen LogP contribution >= 0.6 is 0 Å². The summed E-state index contributed by atoms with van der Waals surface area (Å²) in [6.45, 7) is 6.86. The van der Waals surface area contributed by atoms with Gasteiger partial charge < -0.3 is 5.11 Å². The molecule has 1 rings (SSSR count). The van der Waals surface area contributed by atoms with Crippen molar-refractivity contribution < 1.29 is 5.11 Å². The van der Waals surface area contributed by atoms with E-state index in [0.717, 1.165) is 13.1 Å². The zero-order chi connectivity index (χ0) is 8.97. The highest BCUT2D eigenvalue weighted by molar-refractivity contribution is 4.86. The Morgan fingerprint density at radius 1 is 1.42 bits per heavy atom. The number of aliphatic hydroxyl groups is 1. The minimum absolute atomic E-state index is 0.327. The van der Waals surface area contributed by atoms with Gasteiger partial charge in [0.25, 0.3) is 0 Å². The molecule has 2 nitrogen and oxygen atoms in total. The monoisotopic (exact) mass is 170 g/mol. The van der Waals surface area contributed by atoms with Gasteiger partial charge in [0.1, 0.15) is 0 Å². The first kappa shape index (κ1) is 10.0. The fraction of sp³-hybridized carbons (Fsp3) is 0.900. The van der Waals surface area contributed by atoms with Gasteiger partial charge in [-0.1, -0.05) is 20.3 Å². The molecule has 1 aliphatic rings. The van der Waals surface area contributed by atoms with Crippen LogP contribution in [-0.4, -0.2) is 35.7 Å². The molecule has 1 radical (unpaired) electrons. The maximum atomic E-state index is 9.12. The van der Waals surface area contributed by atoms with Crippen LogP contribution in [0.3, 0.4) is 0 Å². The highest BCUT2D eigenvalue weighted by Crippen LogP contribution is 2.17. The van der Waals surface area contributed by atoms with E-state index in [2.05, 4.69) is 18.7 Å². The lowest BCUT2D eigenvalue weighted by atomic mass is 10.0. The van der Waals surface area contributed by atoms with Crippen molar-refractivity contribution in [2.24, 2.45) is 0 Å². The summed E-state index contributed by atoms with van der Waals surface area (Å²) < 4.78 is 0. The zero-order valence-corrected chi connectivity index (χ0v) is 8.21. The van der Waals surface area contributed by atoms with Gasteiger partial charge in [0, 0.05) is 12.6 Å². The van der Waals surface area contributed by atoms with Crippen LogP contribution in [0.15, 0.2) is 0 Å². The van der Waals surface area contributed by atoms with Gasteiger partial charge in [-0.05, 0) is 25.3 Å². The topological polar surface area (TPSA) is 23.5 Å². The summed E-state index contributed by atoms with van der Waals surface area (Å²) in [4.78, 5) is 2.40. The number of hydrogen-bond acceptors (Lipinski definition) is 2. The Labute approximate surface area is 75.6 Å². The molecule has 0 bridgehead atoms. The van der Waals surface area contributed by atoms with Crippen LogP contribution in [0, 0.1) is 5.92 Å². The van der Waals surface area contributed by atoms with Crippen molar-refractivity contribution in [2.45, 2.75) is 39.2 Å². The largest absolute Gasteiger partial charge is 0.395 e. The Kier molecular flexibility index (Phi) is 4.02. The van der Waals surface area contributed by atoms with Crippen molar-refractivity contribution in [3.8, 4) is 0 Å². The average Bonchev–Trinajstić information content (AvgIpc) is 2.04. The Bertz CT molecular complexity index is 125. The molecule has 12 heavy (non-hydrogen) atoms. The molecular weight excluding hydrogens is 150 g/mol. The van der Waals surface area contributed by atoms with E-state index in [1.54, 1.807) is 0 Å². The minimum atomic E-state index is 0.327.